The lowest BCUT2D eigenvalue weighted by atomic mass is 9.81. The maximum absolute atomic E-state index is 12.9. The number of carbonyl (C=O) groups excluding carboxylic acids is 1. The van der Waals surface area contributed by atoms with E-state index in [1.165, 1.54) is 19.3 Å². The lowest BCUT2D eigenvalue weighted by Crippen LogP contribution is -2.36. The van der Waals surface area contributed by atoms with Crippen molar-refractivity contribution in [2.45, 2.75) is 50.5 Å². The Morgan fingerprint density at radius 2 is 1.88 bits per heavy atom. The van der Waals surface area contributed by atoms with Crippen molar-refractivity contribution in [1.82, 2.24) is 4.98 Å². The minimum absolute atomic E-state index is 0. The monoisotopic (exact) mass is 373 g/mol. The lowest BCUT2D eigenvalue weighted by Gasteiger charge is -2.32. The molecule has 1 aromatic carbocycles. The van der Waals surface area contributed by atoms with Crippen LogP contribution in [0.4, 0.5) is 0 Å². The van der Waals surface area contributed by atoms with Gasteiger partial charge in [0.25, 0.3) is 0 Å². The molecule has 1 aromatic heterocycles. The fourth-order valence-electron chi connectivity index (χ4n) is 4.15. The molecule has 26 heavy (non-hydrogen) atoms. The first-order valence-electron chi connectivity index (χ1n) is 9.02. The molecule has 2 heterocycles. The van der Waals surface area contributed by atoms with Crippen molar-refractivity contribution in [1.29, 1.82) is 0 Å². The number of ether oxygens (including phenoxy) is 2. The Labute approximate surface area is 160 Å². The third-order valence-electron chi connectivity index (χ3n) is 5.44. The molecule has 0 atom stereocenters. The number of benzene rings is 1. The van der Waals surface area contributed by atoms with Crippen LogP contribution in [-0.2, 0) is 12.8 Å². The van der Waals surface area contributed by atoms with Gasteiger partial charge in [-0.15, -0.1) is 12.4 Å². The SMILES string of the molecule is COc1ccc(C(=O)Cc2ccncc2)c2c1OC1(CCCCC1)C2.Cl. The summed E-state index contributed by atoms with van der Waals surface area (Å²) in [5, 5.41) is 0. The summed E-state index contributed by atoms with van der Waals surface area (Å²) < 4.78 is 11.9. The lowest BCUT2D eigenvalue weighted by molar-refractivity contribution is 0.0507. The topological polar surface area (TPSA) is 48.4 Å². The number of rotatable bonds is 4. The number of fused-ring (bicyclic) bond motifs is 1. The number of nitrogens with zero attached hydrogens (tertiary/aromatic N) is 1. The summed E-state index contributed by atoms with van der Waals surface area (Å²) in [6.45, 7) is 0. The highest BCUT2D eigenvalue weighted by atomic mass is 35.5. The molecule has 0 bridgehead atoms. The van der Waals surface area contributed by atoms with E-state index in [9.17, 15) is 4.79 Å². The largest absolute Gasteiger partial charge is 0.493 e. The molecule has 1 saturated carbocycles. The predicted molar refractivity (Wildman–Crippen MR) is 103 cm³/mol. The van der Waals surface area contributed by atoms with E-state index in [0.717, 1.165) is 47.5 Å². The second-order valence-corrected chi connectivity index (χ2v) is 7.10. The van der Waals surface area contributed by atoms with E-state index in [4.69, 9.17) is 9.47 Å². The number of methoxy groups -OCH3 is 1. The number of pyridine rings is 1. The highest BCUT2D eigenvalue weighted by molar-refractivity contribution is 6.00. The van der Waals surface area contributed by atoms with Crippen molar-refractivity contribution in [2.24, 2.45) is 0 Å². The first-order chi connectivity index (χ1) is 12.2. The summed E-state index contributed by atoms with van der Waals surface area (Å²) in [4.78, 5) is 16.9. The molecule has 2 aliphatic rings. The van der Waals surface area contributed by atoms with Crippen LogP contribution < -0.4 is 9.47 Å². The summed E-state index contributed by atoms with van der Waals surface area (Å²) in [5.74, 6) is 1.64. The Bertz CT molecular complexity index is 785. The average Bonchev–Trinajstić information content (AvgIpc) is 3.00. The molecule has 0 unspecified atom stereocenters. The van der Waals surface area contributed by atoms with Gasteiger partial charge in [-0.1, -0.05) is 6.42 Å². The molecule has 4 nitrogen and oxygen atoms in total. The summed E-state index contributed by atoms with van der Waals surface area (Å²) in [6, 6.07) is 7.54. The molecular weight excluding hydrogens is 350 g/mol. The van der Waals surface area contributed by atoms with Gasteiger partial charge in [0, 0.05) is 36.4 Å². The highest BCUT2D eigenvalue weighted by Gasteiger charge is 2.43. The van der Waals surface area contributed by atoms with Crippen LogP contribution in [-0.4, -0.2) is 23.5 Å². The van der Waals surface area contributed by atoms with E-state index in [0.29, 0.717) is 6.42 Å². The van der Waals surface area contributed by atoms with Gasteiger partial charge in [-0.25, -0.2) is 0 Å². The molecule has 138 valence electrons. The Morgan fingerprint density at radius 3 is 2.58 bits per heavy atom. The number of halogens is 1. The van der Waals surface area contributed by atoms with Crippen LogP contribution in [0.15, 0.2) is 36.7 Å². The standard InChI is InChI=1S/C21H23NO3.ClH/c1-24-19-6-5-16(18(23)13-15-7-11-22-12-8-15)17-14-21(25-20(17)19)9-3-2-4-10-21;/h5-8,11-12H,2-4,9-10,13-14H2,1H3;1H. The first kappa shape index (κ1) is 18.7. The summed E-state index contributed by atoms with van der Waals surface area (Å²) in [5.41, 5.74) is 2.65. The number of ketones is 1. The maximum Gasteiger partial charge on any atom is 0.167 e. The first-order valence-corrected chi connectivity index (χ1v) is 9.02. The molecule has 0 amide bonds. The average molecular weight is 374 g/mol. The molecule has 2 aromatic rings. The number of aromatic nitrogens is 1. The normalized spacial score (nSPS) is 17.1. The summed E-state index contributed by atoms with van der Waals surface area (Å²) >= 11 is 0. The zero-order chi connectivity index (χ0) is 17.3. The minimum atomic E-state index is -0.138. The second-order valence-electron chi connectivity index (χ2n) is 7.10. The van der Waals surface area contributed by atoms with Gasteiger partial charge in [-0.2, -0.15) is 0 Å². The molecular formula is C21H24ClNO3. The smallest absolute Gasteiger partial charge is 0.167 e. The van der Waals surface area contributed by atoms with Crippen molar-refractivity contribution in [2.75, 3.05) is 7.11 Å². The molecule has 0 radical (unpaired) electrons. The zero-order valence-electron chi connectivity index (χ0n) is 15.0. The Hall–Kier alpha value is -2.07. The van der Waals surface area contributed by atoms with E-state index < -0.39 is 0 Å². The summed E-state index contributed by atoms with van der Waals surface area (Å²) in [6.07, 6.45) is 10.4. The quantitative estimate of drug-likeness (QED) is 0.736. The molecule has 1 fully saturated rings. The van der Waals surface area contributed by atoms with Crippen LogP contribution in [0.25, 0.3) is 0 Å². The zero-order valence-corrected chi connectivity index (χ0v) is 15.8. The fraction of sp³-hybridized carbons (Fsp3) is 0.429. The fourth-order valence-corrected chi connectivity index (χ4v) is 4.15. The third-order valence-corrected chi connectivity index (χ3v) is 5.44. The highest BCUT2D eigenvalue weighted by Crippen LogP contribution is 2.48. The van der Waals surface area contributed by atoms with Crippen LogP contribution in [0.5, 0.6) is 11.5 Å². The molecule has 0 N–H and O–H groups in total. The van der Waals surface area contributed by atoms with Crippen LogP contribution >= 0.6 is 12.4 Å². The van der Waals surface area contributed by atoms with E-state index in [1.54, 1.807) is 19.5 Å². The van der Waals surface area contributed by atoms with Crippen molar-refractivity contribution in [3.05, 3.63) is 53.3 Å². The molecule has 1 aliphatic heterocycles. The van der Waals surface area contributed by atoms with E-state index in [2.05, 4.69) is 4.98 Å². The van der Waals surface area contributed by atoms with Gasteiger partial charge in [-0.3, -0.25) is 9.78 Å². The van der Waals surface area contributed by atoms with E-state index in [1.807, 2.05) is 24.3 Å². The molecule has 4 rings (SSSR count). The van der Waals surface area contributed by atoms with Crippen molar-refractivity contribution in [3.8, 4) is 11.5 Å². The van der Waals surface area contributed by atoms with E-state index in [-0.39, 0.29) is 23.8 Å². The predicted octanol–water partition coefficient (Wildman–Crippen LogP) is 4.58. The second kappa shape index (κ2) is 7.67. The van der Waals surface area contributed by atoms with Gasteiger partial charge in [0.15, 0.2) is 17.3 Å². The molecule has 0 saturated heterocycles. The molecule has 1 spiro atoms. The van der Waals surface area contributed by atoms with Crippen molar-refractivity contribution >= 4 is 18.2 Å². The number of carbonyl (C=O) groups is 1. The number of Topliss-reactive ketones (excluding diaryl/α,β-unsaturated/α-hetero) is 1. The van der Waals surface area contributed by atoms with Gasteiger partial charge in [0.2, 0.25) is 0 Å². The van der Waals surface area contributed by atoms with Crippen molar-refractivity contribution < 1.29 is 14.3 Å². The molecule has 1 aliphatic carbocycles. The summed E-state index contributed by atoms with van der Waals surface area (Å²) in [7, 11) is 1.66. The van der Waals surface area contributed by atoms with Crippen LogP contribution in [0.1, 0.15) is 53.6 Å². The van der Waals surface area contributed by atoms with Crippen LogP contribution in [0.2, 0.25) is 0 Å². The van der Waals surface area contributed by atoms with Crippen molar-refractivity contribution in [3.63, 3.8) is 0 Å². The Kier molecular flexibility index (Phi) is 5.52. The number of hydrogen-bond acceptors (Lipinski definition) is 4. The van der Waals surface area contributed by atoms with Crippen LogP contribution in [0, 0.1) is 0 Å². The van der Waals surface area contributed by atoms with Gasteiger partial charge in [0.05, 0.1) is 7.11 Å². The van der Waals surface area contributed by atoms with Gasteiger partial charge in [0.1, 0.15) is 5.60 Å². The third kappa shape index (κ3) is 3.43. The van der Waals surface area contributed by atoms with Gasteiger partial charge in [-0.05, 0) is 55.5 Å². The maximum atomic E-state index is 12.9. The molecule has 5 heteroatoms. The van der Waals surface area contributed by atoms with Crippen LogP contribution in [0.3, 0.4) is 0 Å². The van der Waals surface area contributed by atoms with Gasteiger partial charge < -0.3 is 9.47 Å². The number of hydrogen-bond donors (Lipinski definition) is 0. The van der Waals surface area contributed by atoms with E-state index >= 15 is 0 Å². The van der Waals surface area contributed by atoms with Gasteiger partial charge >= 0.3 is 0 Å². The minimum Gasteiger partial charge on any atom is -0.493 e. The Balaban J connectivity index is 0.00000196. The Morgan fingerprint density at radius 1 is 1.15 bits per heavy atom.